The van der Waals surface area contributed by atoms with Crippen LogP contribution in [-0.4, -0.2) is 36.9 Å². The van der Waals surface area contributed by atoms with Crippen molar-refractivity contribution in [1.29, 1.82) is 0 Å². The quantitative estimate of drug-likeness (QED) is 0.879. The van der Waals surface area contributed by atoms with E-state index in [1.54, 1.807) is 37.4 Å². The lowest BCUT2D eigenvalue weighted by Crippen LogP contribution is -2.32. The maximum absolute atomic E-state index is 13.0. The number of para-hydroxylation sites is 1. The fraction of sp³-hybridized carbons (Fsp3) is 0.364. The zero-order chi connectivity index (χ0) is 19.2. The zero-order valence-electron chi connectivity index (χ0n) is 16.0. The van der Waals surface area contributed by atoms with Gasteiger partial charge in [0.25, 0.3) is 11.8 Å². The highest BCUT2D eigenvalue weighted by Gasteiger charge is 2.21. The average Bonchev–Trinajstić information content (AvgIpc) is 2.97. The first-order valence-corrected chi connectivity index (χ1v) is 9.44. The van der Waals surface area contributed by atoms with E-state index in [-0.39, 0.29) is 11.8 Å². The standard InChI is InChI=1S/C22H26N2O3/c1-16-15-17(11-12-20(16)27-2)21(25)23-19-10-6-5-9-18(19)22(26)24-13-7-3-4-8-14-24/h5-6,9-12,15H,3-4,7-8,13-14H2,1-2H3,(H,23,25). The largest absolute Gasteiger partial charge is 0.496 e. The first-order valence-electron chi connectivity index (χ1n) is 9.44. The molecule has 0 spiro atoms. The minimum absolute atomic E-state index is 0.0151. The van der Waals surface area contributed by atoms with Gasteiger partial charge in [0.2, 0.25) is 0 Å². The summed E-state index contributed by atoms with van der Waals surface area (Å²) in [5, 5.41) is 2.90. The van der Waals surface area contributed by atoms with Crippen molar-refractivity contribution >= 4 is 17.5 Å². The van der Waals surface area contributed by atoms with E-state index in [9.17, 15) is 9.59 Å². The third-order valence-corrected chi connectivity index (χ3v) is 4.96. The summed E-state index contributed by atoms with van der Waals surface area (Å²) in [6.45, 7) is 3.45. The maximum atomic E-state index is 13.0. The van der Waals surface area contributed by atoms with Gasteiger partial charge in [0, 0.05) is 18.7 Å². The van der Waals surface area contributed by atoms with Crippen LogP contribution in [0.5, 0.6) is 5.75 Å². The van der Waals surface area contributed by atoms with Gasteiger partial charge in [-0.1, -0.05) is 25.0 Å². The van der Waals surface area contributed by atoms with Crippen LogP contribution in [0.2, 0.25) is 0 Å². The van der Waals surface area contributed by atoms with E-state index in [0.717, 1.165) is 37.2 Å². The molecule has 1 saturated heterocycles. The molecule has 1 aliphatic rings. The monoisotopic (exact) mass is 366 g/mol. The Morgan fingerprint density at radius 2 is 1.70 bits per heavy atom. The summed E-state index contributed by atoms with van der Waals surface area (Å²) < 4.78 is 5.24. The second-order valence-electron chi connectivity index (χ2n) is 6.89. The van der Waals surface area contributed by atoms with Gasteiger partial charge in [-0.05, 0) is 55.7 Å². The van der Waals surface area contributed by atoms with Crippen molar-refractivity contribution in [2.75, 3.05) is 25.5 Å². The predicted molar refractivity (Wildman–Crippen MR) is 106 cm³/mol. The molecule has 0 aliphatic carbocycles. The number of carbonyl (C=O) groups is 2. The first-order chi connectivity index (χ1) is 13.1. The van der Waals surface area contributed by atoms with Crippen LogP contribution in [0.3, 0.4) is 0 Å². The van der Waals surface area contributed by atoms with E-state index in [1.807, 2.05) is 24.0 Å². The van der Waals surface area contributed by atoms with Crippen molar-refractivity contribution in [3.05, 3.63) is 59.2 Å². The Hall–Kier alpha value is -2.82. The van der Waals surface area contributed by atoms with Gasteiger partial charge < -0.3 is 15.0 Å². The summed E-state index contributed by atoms with van der Waals surface area (Å²) in [6, 6.07) is 12.5. The number of aryl methyl sites for hydroxylation is 1. The van der Waals surface area contributed by atoms with Crippen LogP contribution in [0, 0.1) is 6.92 Å². The van der Waals surface area contributed by atoms with Crippen molar-refractivity contribution in [3.8, 4) is 5.75 Å². The van der Waals surface area contributed by atoms with E-state index in [1.165, 1.54) is 12.8 Å². The number of methoxy groups -OCH3 is 1. The molecule has 1 aliphatic heterocycles. The van der Waals surface area contributed by atoms with Gasteiger partial charge in [0.15, 0.2) is 0 Å². The first kappa shape index (κ1) is 19.0. The Labute approximate surface area is 160 Å². The number of carbonyl (C=O) groups excluding carboxylic acids is 2. The third-order valence-electron chi connectivity index (χ3n) is 4.96. The summed E-state index contributed by atoms with van der Waals surface area (Å²) in [7, 11) is 1.60. The van der Waals surface area contributed by atoms with Gasteiger partial charge >= 0.3 is 0 Å². The molecule has 142 valence electrons. The van der Waals surface area contributed by atoms with Gasteiger partial charge in [-0.2, -0.15) is 0 Å². The summed E-state index contributed by atoms with van der Waals surface area (Å²) in [5.41, 5.74) is 2.51. The fourth-order valence-corrected chi connectivity index (χ4v) is 3.44. The molecule has 2 aromatic carbocycles. The fourth-order valence-electron chi connectivity index (χ4n) is 3.44. The van der Waals surface area contributed by atoms with E-state index >= 15 is 0 Å². The molecule has 2 amide bonds. The number of hydrogen-bond acceptors (Lipinski definition) is 3. The van der Waals surface area contributed by atoms with Crippen molar-refractivity contribution in [3.63, 3.8) is 0 Å². The molecular weight excluding hydrogens is 340 g/mol. The molecule has 3 rings (SSSR count). The summed E-state index contributed by atoms with van der Waals surface area (Å²) in [5.74, 6) is 0.485. The highest BCUT2D eigenvalue weighted by atomic mass is 16.5. The number of amides is 2. The number of rotatable bonds is 4. The normalized spacial score (nSPS) is 14.4. The molecule has 27 heavy (non-hydrogen) atoms. The molecule has 5 heteroatoms. The van der Waals surface area contributed by atoms with Gasteiger partial charge in [-0.3, -0.25) is 9.59 Å². The Kier molecular flexibility index (Phi) is 6.12. The second-order valence-corrected chi connectivity index (χ2v) is 6.89. The molecule has 0 aromatic heterocycles. The molecule has 1 heterocycles. The van der Waals surface area contributed by atoms with Crippen LogP contribution in [-0.2, 0) is 0 Å². The van der Waals surface area contributed by atoms with Gasteiger partial charge in [0.1, 0.15) is 5.75 Å². The lowest BCUT2D eigenvalue weighted by Gasteiger charge is -2.22. The molecule has 0 radical (unpaired) electrons. The Morgan fingerprint density at radius 1 is 1.00 bits per heavy atom. The molecule has 1 fully saturated rings. The number of nitrogens with zero attached hydrogens (tertiary/aromatic N) is 1. The molecule has 1 N–H and O–H groups in total. The van der Waals surface area contributed by atoms with Crippen LogP contribution in [0.4, 0.5) is 5.69 Å². The van der Waals surface area contributed by atoms with Gasteiger partial charge in [0.05, 0.1) is 18.4 Å². The highest BCUT2D eigenvalue weighted by Crippen LogP contribution is 2.22. The van der Waals surface area contributed by atoms with Crippen molar-refractivity contribution < 1.29 is 14.3 Å². The molecule has 5 nitrogen and oxygen atoms in total. The minimum Gasteiger partial charge on any atom is -0.496 e. The maximum Gasteiger partial charge on any atom is 0.255 e. The second kappa shape index (κ2) is 8.71. The zero-order valence-corrected chi connectivity index (χ0v) is 16.0. The molecule has 0 bridgehead atoms. The average molecular weight is 366 g/mol. The Balaban J connectivity index is 1.80. The van der Waals surface area contributed by atoms with Crippen LogP contribution in [0.15, 0.2) is 42.5 Å². The summed E-state index contributed by atoms with van der Waals surface area (Å²) in [4.78, 5) is 27.6. The Morgan fingerprint density at radius 3 is 2.37 bits per heavy atom. The van der Waals surface area contributed by atoms with E-state index < -0.39 is 0 Å². The van der Waals surface area contributed by atoms with Crippen LogP contribution >= 0.6 is 0 Å². The number of ether oxygens (including phenoxy) is 1. The molecule has 0 atom stereocenters. The number of hydrogen-bond donors (Lipinski definition) is 1. The molecule has 0 unspecified atom stereocenters. The summed E-state index contributed by atoms with van der Waals surface area (Å²) >= 11 is 0. The van der Waals surface area contributed by atoms with Crippen LogP contribution in [0.25, 0.3) is 0 Å². The topological polar surface area (TPSA) is 58.6 Å². The molecular formula is C22H26N2O3. The van der Waals surface area contributed by atoms with E-state index in [2.05, 4.69) is 5.32 Å². The predicted octanol–water partition coefficient (Wildman–Crippen LogP) is 4.27. The molecule has 0 saturated carbocycles. The lowest BCUT2D eigenvalue weighted by molar-refractivity contribution is 0.0762. The highest BCUT2D eigenvalue weighted by molar-refractivity contribution is 6.09. The van der Waals surface area contributed by atoms with Crippen molar-refractivity contribution in [1.82, 2.24) is 4.90 Å². The van der Waals surface area contributed by atoms with E-state index in [0.29, 0.717) is 16.8 Å². The lowest BCUT2D eigenvalue weighted by atomic mass is 10.1. The van der Waals surface area contributed by atoms with Gasteiger partial charge in [-0.15, -0.1) is 0 Å². The molecule has 2 aromatic rings. The minimum atomic E-state index is -0.239. The number of anilines is 1. The number of likely N-dealkylation sites (tertiary alicyclic amines) is 1. The van der Waals surface area contributed by atoms with Crippen molar-refractivity contribution in [2.45, 2.75) is 32.6 Å². The van der Waals surface area contributed by atoms with Crippen LogP contribution < -0.4 is 10.1 Å². The van der Waals surface area contributed by atoms with Gasteiger partial charge in [-0.25, -0.2) is 0 Å². The SMILES string of the molecule is COc1ccc(C(=O)Nc2ccccc2C(=O)N2CCCCCC2)cc1C. The third kappa shape index (κ3) is 4.48. The van der Waals surface area contributed by atoms with E-state index in [4.69, 9.17) is 4.74 Å². The Bertz CT molecular complexity index is 824. The number of benzene rings is 2. The summed E-state index contributed by atoms with van der Waals surface area (Å²) in [6.07, 6.45) is 4.40. The number of nitrogens with one attached hydrogen (secondary N) is 1. The smallest absolute Gasteiger partial charge is 0.255 e. The van der Waals surface area contributed by atoms with Crippen LogP contribution in [0.1, 0.15) is 52.0 Å². The van der Waals surface area contributed by atoms with Crippen molar-refractivity contribution in [2.24, 2.45) is 0 Å².